The molecule has 3 nitrogen and oxygen atoms in total. The molecule has 34 heavy (non-hydrogen) atoms. The maximum Gasteiger partial charge on any atom is 0.265 e. The van der Waals surface area contributed by atoms with Gasteiger partial charge in [0.15, 0.2) is 5.78 Å². The van der Waals surface area contributed by atoms with Gasteiger partial charge >= 0.3 is 0 Å². The molecule has 0 saturated carbocycles. The van der Waals surface area contributed by atoms with Gasteiger partial charge in [0.2, 0.25) is 0 Å². The summed E-state index contributed by atoms with van der Waals surface area (Å²) in [5.41, 5.74) is 8.07. The van der Waals surface area contributed by atoms with Crippen LogP contribution >= 0.6 is 0 Å². The van der Waals surface area contributed by atoms with Crippen molar-refractivity contribution in [3.63, 3.8) is 0 Å². The largest absolute Gasteiger partial charge is 0.289 e. The van der Waals surface area contributed by atoms with Gasteiger partial charge in [0, 0.05) is 29.1 Å². The Hall–Kier alpha value is -4.31. The molecule has 3 aromatic carbocycles. The number of ketones is 1. The number of benzene rings is 3. The number of nitrogens with zero attached hydrogens (tertiary/aromatic N) is 2. The van der Waals surface area contributed by atoms with Gasteiger partial charge < -0.3 is 0 Å². The van der Waals surface area contributed by atoms with Crippen LogP contribution in [0.4, 0.5) is 0 Å². The molecule has 1 atom stereocenters. The Morgan fingerprint density at radius 2 is 1.24 bits per heavy atom. The van der Waals surface area contributed by atoms with E-state index >= 15 is 0 Å². The van der Waals surface area contributed by atoms with E-state index in [9.17, 15) is 4.79 Å². The van der Waals surface area contributed by atoms with Gasteiger partial charge in [0.05, 0.1) is 11.1 Å². The van der Waals surface area contributed by atoms with Crippen LogP contribution in [0, 0.1) is 0 Å². The van der Waals surface area contributed by atoms with Crippen molar-refractivity contribution in [3.05, 3.63) is 149 Å². The van der Waals surface area contributed by atoms with Crippen molar-refractivity contribution >= 4 is 29.0 Å². The zero-order valence-electron chi connectivity index (χ0n) is 18.3. The number of carbonyl (C=O) groups is 1. The molecule has 1 unspecified atom stereocenters. The van der Waals surface area contributed by atoms with Crippen molar-refractivity contribution in [2.45, 2.75) is 5.41 Å². The summed E-state index contributed by atoms with van der Waals surface area (Å²) in [7, 11) is 0. The van der Waals surface area contributed by atoms with Crippen LogP contribution in [0.3, 0.4) is 0 Å². The number of pyridine rings is 2. The first-order valence-electron chi connectivity index (χ1n) is 11.5. The molecule has 2 aromatic heterocycles. The van der Waals surface area contributed by atoms with E-state index in [0.29, 0.717) is 5.56 Å². The number of rotatable bonds is 1. The second kappa shape index (κ2) is 7.10. The van der Waals surface area contributed by atoms with Gasteiger partial charge in [-0.3, -0.25) is 14.8 Å². The Bertz CT molecular complexity index is 1500. The highest BCUT2D eigenvalue weighted by atomic mass is 16.1. The molecule has 4 heteroatoms. The van der Waals surface area contributed by atoms with Crippen molar-refractivity contribution in [1.29, 1.82) is 0 Å². The molecular formula is C30H19BN2O. The Morgan fingerprint density at radius 1 is 0.588 bits per heavy atom. The van der Waals surface area contributed by atoms with Crippen molar-refractivity contribution in [1.82, 2.24) is 9.97 Å². The lowest BCUT2D eigenvalue weighted by Crippen LogP contribution is -2.63. The average molecular weight is 434 g/mol. The Balaban J connectivity index is 1.69. The highest BCUT2D eigenvalue weighted by Gasteiger charge is 2.53. The van der Waals surface area contributed by atoms with E-state index in [1.54, 1.807) is 6.20 Å². The van der Waals surface area contributed by atoms with Crippen LogP contribution in [-0.4, -0.2) is 22.5 Å². The summed E-state index contributed by atoms with van der Waals surface area (Å²) >= 11 is 0. The lowest BCUT2D eigenvalue weighted by Gasteiger charge is -2.45. The molecule has 0 amide bonds. The van der Waals surface area contributed by atoms with Gasteiger partial charge in [-0.15, -0.1) is 0 Å². The lowest BCUT2D eigenvalue weighted by atomic mass is 9.32. The number of carbonyl (C=O) groups excluding carboxylic acids is 1. The van der Waals surface area contributed by atoms with E-state index < -0.39 is 5.41 Å². The van der Waals surface area contributed by atoms with Crippen molar-refractivity contribution < 1.29 is 4.79 Å². The summed E-state index contributed by atoms with van der Waals surface area (Å²) < 4.78 is 0. The summed E-state index contributed by atoms with van der Waals surface area (Å²) in [5.74, 6) is 0.0254. The molecule has 3 heterocycles. The highest BCUT2D eigenvalue weighted by molar-refractivity contribution is 6.96. The van der Waals surface area contributed by atoms with E-state index in [-0.39, 0.29) is 12.5 Å². The first-order valence-corrected chi connectivity index (χ1v) is 11.5. The monoisotopic (exact) mass is 434 g/mol. The second-order valence-electron chi connectivity index (χ2n) is 8.89. The fourth-order valence-corrected chi connectivity index (χ4v) is 6.04. The zero-order valence-corrected chi connectivity index (χ0v) is 18.3. The lowest BCUT2D eigenvalue weighted by molar-refractivity contribution is 0.103. The van der Waals surface area contributed by atoms with E-state index in [2.05, 4.69) is 60.7 Å². The fourth-order valence-electron chi connectivity index (χ4n) is 6.04. The van der Waals surface area contributed by atoms with Crippen LogP contribution in [-0.2, 0) is 5.41 Å². The maximum atomic E-state index is 13.6. The van der Waals surface area contributed by atoms with Crippen LogP contribution in [0.1, 0.15) is 38.3 Å². The van der Waals surface area contributed by atoms with Gasteiger partial charge in [-0.1, -0.05) is 95.9 Å². The van der Waals surface area contributed by atoms with Crippen LogP contribution in [0.25, 0.3) is 0 Å². The zero-order chi connectivity index (χ0) is 22.7. The van der Waals surface area contributed by atoms with Gasteiger partial charge in [0.25, 0.3) is 6.71 Å². The Kier molecular flexibility index (Phi) is 4.00. The molecular weight excluding hydrogens is 415 g/mol. The molecule has 0 N–H and O–H groups in total. The minimum Gasteiger partial charge on any atom is -0.289 e. The summed E-state index contributed by atoms with van der Waals surface area (Å²) in [6.07, 6.45) is 3.67. The van der Waals surface area contributed by atoms with Crippen molar-refractivity contribution in [3.8, 4) is 0 Å². The number of hydrogen-bond donors (Lipinski definition) is 0. The van der Waals surface area contributed by atoms with Crippen LogP contribution in [0.5, 0.6) is 0 Å². The number of hydrogen-bond acceptors (Lipinski definition) is 3. The summed E-state index contributed by atoms with van der Waals surface area (Å²) in [6.45, 7) is -0.00354. The topological polar surface area (TPSA) is 42.9 Å². The number of aromatic nitrogens is 2. The van der Waals surface area contributed by atoms with Gasteiger partial charge in [0.1, 0.15) is 0 Å². The van der Waals surface area contributed by atoms with Crippen molar-refractivity contribution in [2.24, 2.45) is 0 Å². The fraction of sp³-hybridized carbons (Fsp3) is 0.0333. The normalized spacial score (nSPS) is 17.5. The standard InChI is InChI=1S/C30H19BN2O/c34-27-21-12-4-5-14-23(21)30(28-22(27)13-8-18-32-28)24-15-6-7-17-26(24)31(20-10-2-1-3-11-20)29-25(30)16-9-19-33-29/h1-19H. The molecule has 158 valence electrons. The predicted octanol–water partition coefficient (Wildman–Crippen LogP) is 3.23. The molecule has 1 aliphatic heterocycles. The molecule has 0 radical (unpaired) electrons. The molecule has 5 aromatic rings. The highest BCUT2D eigenvalue weighted by Crippen LogP contribution is 2.50. The molecule has 0 saturated heterocycles. The molecule has 0 bridgehead atoms. The summed E-state index contributed by atoms with van der Waals surface area (Å²) in [5, 5.41) is 0. The summed E-state index contributed by atoms with van der Waals surface area (Å²) in [4.78, 5) is 23.5. The first kappa shape index (κ1) is 19.2. The van der Waals surface area contributed by atoms with E-state index in [0.717, 1.165) is 33.5 Å². The number of fused-ring (bicyclic) bond motifs is 8. The van der Waals surface area contributed by atoms with Gasteiger partial charge in [-0.2, -0.15) is 0 Å². The van der Waals surface area contributed by atoms with Gasteiger partial charge in [-0.25, -0.2) is 0 Å². The third kappa shape index (κ3) is 2.35. The molecule has 0 fully saturated rings. The smallest absolute Gasteiger partial charge is 0.265 e. The second-order valence-corrected chi connectivity index (χ2v) is 8.89. The SMILES string of the molecule is O=C1c2ccccc2C2(c3ccccc3B(c3ccccc3)c3ncccc32)c2ncccc21. The molecule has 2 aliphatic rings. The third-order valence-electron chi connectivity index (χ3n) is 7.31. The quantitative estimate of drug-likeness (QED) is 0.373. The molecule has 1 spiro atoms. The Labute approximate surface area is 198 Å². The molecule has 1 aliphatic carbocycles. The van der Waals surface area contributed by atoms with Crippen LogP contribution in [0.15, 0.2) is 116 Å². The van der Waals surface area contributed by atoms with Crippen LogP contribution < -0.4 is 16.5 Å². The third-order valence-corrected chi connectivity index (χ3v) is 7.31. The van der Waals surface area contributed by atoms with E-state index in [1.807, 2.05) is 48.7 Å². The minimum absolute atomic E-state index is 0.00354. The minimum atomic E-state index is -0.716. The van der Waals surface area contributed by atoms with E-state index in [1.165, 1.54) is 10.9 Å². The first-order chi connectivity index (χ1) is 16.8. The average Bonchev–Trinajstić information content (AvgIpc) is 2.91. The Morgan fingerprint density at radius 3 is 2.12 bits per heavy atom. The van der Waals surface area contributed by atoms with E-state index in [4.69, 9.17) is 9.97 Å². The van der Waals surface area contributed by atoms with Crippen LogP contribution in [0.2, 0.25) is 0 Å². The van der Waals surface area contributed by atoms with Crippen molar-refractivity contribution in [2.75, 3.05) is 0 Å². The maximum absolute atomic E-state index is 13.6. The van der Waals surface area contributed by atoms with Gasteiger partial charge in [-0.05, 0) is 34.9 Å². The molecule has 7 rings (SSSR count). The summed E-state index contributed by atoms with van der Waals surface area (Å²) in [6, 6.07) is 35.0. The predicted molar refractivity (Wildman–Crippen MR) is 135 cm³/mol.